The van der Waals surface area contributed by atoms with E-state index in [1.165, 1.54) is 0 Å². The topological polar surface area (TPSA) is 323 Å². The van der Waals surface area contributed by atoms with Gasteiger partial charge in [0.15, 0.2) is 0 Å². The van der Waals surface area contributed by atoms with Crippen LogP contribution in [0.2, 0.25) is 0 Å². The van der Waals surface area contributed by atoms with Crippen molar-refractivity contribution in [2.75, 3.05) is 95.5 Å². The first-order valence-electron chi connectivity index (χ1n) is 13.1. The van der Waals surface area contributed by atoms with Crippen molar-refractivity contribution in [3.8, 4) is 0 Å². The first kappa shape index (κ1) is 47.9. The average molecular weight is 865 g/mol. The summed E-state index contributed by atoms with van der Waals surface area (Å²) >= 11 is 3.09. The van der Waals surface area contributed by atoms with Crippen LogP contribution in [0.3, 0.4) is 0 Å². The summed E-state index contributed by atoms with van der Waals surface area (Å²) in [7, 11) is -17.2. The Balaban J connectivity index is 5.79. The predicted octanol–water partition coefficient (Wildman–Crippen LogP) is -1.37. The lowest BCUT2D eigenvalue weighted by Crippen LogP contribution is -2.44. The third-order valence-electron chi connectivity index (χ3n) is 4.98. The highest BCUT2D eigenvalue weighted by Gasteiger charge is 2.38. The fourth-order valence-corrected chi connectivity index (χ4v) is 9.46. The molecule has 20 nitrogen and oxygen atoms in total. The predicted molar refractivity (Wildman–Crippen MR) is 181 cm³/mol. The van der Waals surface area contributed by atoms with Gasteiger partial charge in [0.25, 0.3) is 40.5 Å². The van der Waals surface area contributed by atoms with Crippen LogP contribution in [0, 0.1) is 5.41 Å². The second-order valence-electron chi connectivity index (χ2n) is 9.50. The van der Waals surface area contributed by atoms with E-state index in [0.29, 0.717) is 0 Å². The molecule has 0 saturated heterocycles. The number of rotatable bonds is 28. The molecule has 0 atom stereocenters. The summed E-state index contributed by atoms with van der Waals surface area (Å²) in [6, 6.07) is 0. The number of carbonyl (C=O) groups is 4. The molecule has 28 heteroatoms. The zero-order valence-electron chi connectivity index (χ0n) is 25.4. The van der Waals surface area contributed by atoms with Crippen LogP contribution in [0.15, 0.2) is 0 Å². The molecular weight excluding hydrogens is 829 g/mol. The Morgan fingerprint density at radius 2 is 0.592 bits per heavy atom. The summed E-state index contributed by atoms with van der Waals surface area (Å²) in [5.41, 5.74) is -1.80. The van der Waals surface area contributed by atoms with E-state index >= 15 is 0 Å². The van der Waals surface area contributed by atoms with E-state index in [2.05, 4.69) is 0 Å². The molecule has 0 aromatic heterocycles. The van der Waals surface area contributed by atoms with Crippen molar-refractivity contribution in [3.63, 3.8) is 0 Å². The molecule has 0 aliphatic carbocycles. The lowest BCUT2D eigenvalue weighted by Gasteiger charge is -2.31. The Labute approximate surface area is 300 Å². The fourth-order valence-electron chi connectivity index (χ4n) is 2.63. The van der Waals surface area contributed by atoms with Gasteiger partial charge in [0, 0.05) is 23.0 Å². The molecule has 0 aliphatic heterocycles. The third kappa shape index (κ3) is 31.4. The summed E-state index contributed by atoms with van der Waals surface area (Å²) in [5, 5.41) is 0. The third-order valence-corrected chi connectivity index (χ3v) is 12.6. The molecule has 4 N–H and O–H groups in total. The Morgan fingerprint density at radius 3 is 0.755 bits per heavy atom. The highest BCUT2D eigenvalue weighted by Crippen LogP contribution is 2.23. The van der Waals surface area contributed by atoms with E-state index in [9.17, 15) is 52.8 Å². The molecule has 0 amide bonds. The van der Waals surface area contributed by atoms with E-state index in [4.69, 9.17) is 37.2 Å². The van der Waals surface area contributed by atoms with Gasteiger partial charge < -0.3 is 18.9 Å². The summed E-state index contributed by atoms with van der Waals surface area (Å²) in [5.74, 6) is -8.91. The van der Waals surface area contributed by atoms with Crippen molar-refractivity contribution in [3.05, 3.63) is 0 Å². The van der Waals surface area contributed by atoms with Crippen molar-refractivity contribution in [2.45, 2.75) is 0 Å². The van der Waals surface area contributed by atoms with Crippen LogP contribution in [0.25, 0.3) is 0 Å². The molecule has 0 bridgehead atoms. The number of ether oxygens (including phenoxy) is 4. The number of hydrogen-bond donors (Lipinski definition) is 4. The molecule has 288 valence electrons. The number of hydrogen-bond acceptors (Lipinski definition) is 20. The van der Waals surface area contributed by atoms with Crippen LogP contribution >= 0.6 is 47.0 Å². The highest BCUT2D eigenvalue weighted by molar-refractivity contribution is 8.01. The van der Waals surface area contributed by atoms with Gasteiger partial charge in [0.2, 0.25) is 0 Å². The van der Waals surface area contributed by atoms with E-state index in [1.54, 1.807) is 0 Å². The minimum atomic E-state index is -4.30. The SMILES string of the molecule is O=C(CSCCS(=O)(=O)O)OCC(COC(=O)CSCCS(=O)(=O)O)(COC(=O)CSCCS(=O)(=O)O)COC(=O)CSCCS(=O)(=O)O. The molecule has 0 saturated carbocycles. The van der Waals surface area contributed by atoms with Gasteiger partial charge in [-0.1, -0.05) is 0 Å². The zero-order chi connectivity index (χ0) is 37.8. The zero-order valence-corrected chi connectivity index (χ0v) is 31.9. The molecule has 0 unspecified atom stereocenters. The maximum atomic E-state index is 12.4. The van der Waals surface area contributed by atoms with E-state index < -0.39 is 142 Å². The molecule has 0 aromatic rings. The Hall–Kier alpha value is -1.08. The monoisotopic (exact) mass is 864 g/mol. The summed E-state index contributed by atoms with van der Waals surface area (Å²) in [6.45, 7) is -2.94. The first-order valence-corrected chi connectivity index (χ1v) is 24.2. The molecular formula is C21H36O20S8. The van der Waals surface area contributed by atoms with Gasteiger partial charge in [-0.05, 0) is 0 Å². The van der Waals surface area contributed by atoms with E-state index in [1.807, 2.05) is 0 Å². The van der Waals surface area contributed by atoms with Crippen molar-refractivity contribution in [1.82, 2.24) is 0 Å². The second-order valence-corrected chi connectivity index (χ2v) is 20.2. The second kappa shape index (κ2) is 23.5. The molecule has 49 heavy (non-hydrogen) atoms. The standard InChI is InChI=1S/C21H36O20S8/c22-17(9-42-1-5-46(26,27)28)38-13-21(14-39-18(23)10-43-2-6-47(29,30)31,15-40-19(24)11-44-3-7-48(32,33)34)16-41-20(25)12-45-4-8-49(35,36)37/h1-16H2,(H,26,27,28)(H,29,30,31)(H,32,33,34)(H,35,36,37). The quantitative estimate of drug-likeness (QED) is 0.0305. The molecule has 0 heterocycles. The van der Waals surface area contributed by atoms with Gasteiger partial charge in [-0.15, -0.1) is 47.0 Å². The average Bonchev–Trinajstić information content (AvgIpc) is 2.95. The van der Waals surface area contributed by atoms with Crippen molar-refractivity contribution >= 4 is 111 Å². The number of thioether (sulfide) groups is 4. The largest absolute Gasteiger partial charge is 0.464 e. The van der Waals surface area contributed by atoms with Crippen LogP contribution in [-0.4, -0.2) is 171 Å². The maximum Gasteiger partial charge on any atom is 0.315 e. The molecule has 0 aromatic carbocycles. The maximum absolute atomic E-state index is 12.4. The molecule has 0 radical (unpaired) electrons. The summed E-state index contributed by atoms with van der Waals surface area (Å²) < 4.78 is 143. The van der Waals surface area contributed by atoms with Crippen LogP contribution in [-0.2, 0) is 78.6 Å². The van der Waals surface area contributed by atoms with Gasteiger partial charge >= 0.3 is 23.9 Å². The van der Waals surface area contributed by atoms with Gasteiger partial charge in [0.1, 0.15) is 31.8 Å². The Bertz CT molecular complexity index is 1280. The van der Waals surface area contributed by atoms with Crippen molar-refractivity contribution in [1.29, 1.82) is 0 Å². The first-order chi connectivity index (χ1) is 22.4. The summed E-state index contributed by atoms with van der Waals surface area (Å²) in [6.07, 6.45) is 0. The Kier molecular flexibility index (Phi) is 23.0. The van der Waals surface area contributed by atoms with Crippen LogP contribution in [0.5, 0.6) is 0 Å². The van der Waals surface area contributed by atoms with Gasteiger partial charge in [-0.3, -0.25) is 37.4 Å². The lowest BCUT2D eigenvalue weighted by atomic mass is 9.92. The van der Waals surface area contributed by atoms with Crippen LogP contribution < -0.4 is 0 Å². The fraction of sp³-hybridized carbons (Fsp3) is 0.810. The Morgan fingerprint density at radius 1 is 0.408 bits per heavy atom. The minimum absolute atomic E-state index is 0.189. The van der Waals surface area contributed by atoms with Gasteiger partial charge in [-0.2, -0.15) is 33.7 Å². The minimum Gasteiger partial charge on any atom is -0.464 e. The van der Waals surface area contributed by atoms with Crippen LogP contribution in [0.4, 0.5) is 0 Å². The van der Waals surface area contributed by atoms with Crippen molar-refractivity contribution in [2.24, 2.45) is 5.41 Å². The molecule has 0 rings (SSSR count). The normalized spacial score (nSPS) is 12.7. The number of carbonyl (C=O) groups excluding carboxylic acids is 4. The van der Waals surface area contributed by atoms with Crippen LogP contribution in [0.1, 0.15) is 0 Å². The molecule has 0 fully saturated rings. The number of esters is 4. The summed E-state index contributed by atoms with van der Waals surface area (Å²) in [4.78, 5) is 49.6. The molecule has 0 aliphatic rings. The van der Waals surface area contributed by atoms with Gasteiger partial charge in [0.05, 0.1) is 46.0 Å². The van der Waals surface area contributed by atoms with Gasteiger partial charge in [-0.25, -0.2) is 0 Å². The molecule has 0 spiro atoms. The van der Waals surface area contributed by atoms with E-state index in [0.717, 1.165) is 47.0 Å². The highest BCUT2D eigenvalue weighted by atomic mass is 32.2. The lowest BCUT2D eigenvalue weighted by molar-refractivity contribution is -0.167. The van der Waals surface area contributed by atoms with Crippen molar-refractivity contribution < 1.29 is 90.0 Å². The van der Waals surface area contributed by atoms with E-state index in [-0.39, 0.29) is 23.0 Å². The smallest absolute Gasteiger partial charge is 0.315 e.